The molecule has 1 unspecified atom stereocenters. The third-order valence-electron chi connectivity index (χ3n) is 3.81. The summed E-state index contributed by atoms with van der Waals surface area (Å²) in [5.41, 5.74) is 4.75. The first-order chi connectivity index (χ1) is 10.0. The van der Waals surface area contributed by atoms with E-state index in [1.807, 2.05) is 38.1 Å². The van der Waals surface area contributed by atoms with Gasteiger partial charge in [0, 0.05) is 0 Å². The molecule has 0 radical (unpaired) electrons. The van der Waals surface area contributed by atoms with Crippen LogP contribution in [0.15, 0.2) is 46.6 Å². The zero-order chi connectivity index (χ0) is 15.4. The van der Waals surface area contributed by atoms with E-state index in [2.05, 4.69) is 30.1 Å². The van der Waals surface area contributed by atoms with E-state index in [1.165, 1.54) is 5.56 Å². The highest BCUT2D eigenvalue weighted by molar-refractivity contribution is 5.54. The van der Waals surface area contributed by atoms with Crippen LogP contribution in [0.2, 0.25) is 0 Å². The van der Waals surface area contributed by atoms with Gasteiger partial charge in [0.05, 0.1) is 5.69 Å². The van der Waals surface area contributed by atoms with Gasteiger partial charge in [-0.25, -0.2) is 0 Å². The van der Waals surface area contributed by atoms with Crippen LogP contribution in [0.4, 0.5) is 11.4 Å². The van der Waals surface area contributed by atoms with E-state index in [9.17, 15) is 5.11 Å². The molecule has 2 aromatic rings. The highest BCUT2D eigenvalue weighted by atomic mass is 16.3. The molecule has 21 heavy (non-hydrogen) atoms. The van der Waals surface area contributed by atoms with Gasteiger partial charge in [-0.2, -0.15) is 5.11 Å². The molecular weight excluding hydrogens is 260 g/mol. The highest BCUT2D eigenvalue weighted by Gasteiger charge is 2.07. The Bertz CT molecular complexity index is 662. The second kappa shape index (κ2) is 6.53. The molecule has 1 atom stereocenters. The van der Waals surface area contributed by atoms with Crippen LogP contribution in [0.3, 0.4) is 0 Å². The van der Waals surface area contributed by atoms with Gasteiger partial charge in [0.25, 0.3) is 0 Å². The van der Waals surface area contributed by atoms with Crippen molar-refractivity contribution in [3.63, 3.8) is 0 Å². The van der Waals surface area contributed by atoms with Gasteiger partial charge in [0.15, 0.2) is 0 Å². The molecule has 0 bridgehead atoms. The highest BCUT2D eigenvalue weighted by Crippen LogP contribution is 2.33. The normalized spacial score (nSPS) is 12.8. The predicted octanol–water partition coefficient (Wildman–Crippen LogP) is 5.94. The fourth-order valence-corrected chi connectivity index (χ4v) is 2.10. The van der Waals surface area contributed by atoms with Crippen molar-refractivity contribution in [3.8, 4) is 5.75 Å². The van der Waals surface area contributed by atoms with Crippen LogP contribution in [0.25, 0.3) is 0 Å². The number of hydrogen-bond donors (Lipinski definition) is 1. The predicted molar refractivity (Wildman–Crippen MR) is 86.9 cm³/mol. The first-order valence-electron chi connectivity index (χ1n) is 7.33. The van der Waals surface area contributed by atoms with E-state index in [-0.39, 0.29) is 5.75 Å². The number of benzene rings is 2. The average Bonchev–Trinajstić information content (AvgIpc) is 2.48. The van der Waals surface area contributed by atoms with Crippen LogP contribution in [0, 0.1) is 13.8 Å². The van der Waals surface area contributed by atoms with Crippen molar-refractivity contribution in [2.45, 2.75) is 40.0 Å². The minimum atomic E-state index is 0.163. The number of rotatable bonds is 4. The van der Waals surface area contributed by atoms with E-state index in [1.54, 1.807) is 6.07 Å². The molecule has 0 saturated heterocycles. The zero-order valence-corrected chi connectivity index (χ0v) is 13.1. The molecule has 0 fully saturated rings. The van der Waals surface area contributed by atoms with Crippen molar-refractivity contribution in [1.29, 1.82) is 0 Å². The van der Waals surface area contributed by atoms with Crippen molar-refractivity contribution in [3.05, 3.63) is 53.1 Å². The van der Waals surface area contributed by atoms with E-state index in [4.69, 9.17) is 0 Å². The molecule has 1 N–H and O–H groups in total. The lowest BCUT2D eigenvalue weighted by atomic mass is 9.98. The number of aromatic hydroxyl groups is 1. The average molecular weight is 282 g/mol. The summed E-state index contributed by atoms with van der Waals surface area (Å²) in [5.74, 6) is 0.608. The summed E-state index contributed by atoms with van der Waals surface area (Å²) in [7, 11) is 0. The monoisotopic (exact) mass is 282 g/mol. The number of phenols is 1. The molecule has 0 aliphatic heterocycles. The van der Waals surface area contributed by atoms with E-state index in [0.29, 0.717) is 11.6 Å². The van der Waals surface area contributed by atoms with Gasteiger partial charge in [-0.05, 0) is 61.1 Å². The molecular formula is C18H22N2O. The Labute approximate surface area is 126 Å². The molecule has 3 heteroatoms. The Kier molecular flexibility index (Phi) is 4.73. The number of hydrogen-bond acceptors (Lipinski definition) is 3. The van der Waals surface area contributed by atoms with Crippen LogP contribution in [0.5, 0.6) is 5.75 Å². The zero-order valence-electron chi connectivity index (χ0n) is 13.1. The minimum Gasteiger partial charge on any atom is -0.506 e. The summed E-state index contributed by atoms with van der Waals surface area (Å²) < 4.78 is 0. The minimum absolute atomic E-state index is 0.163. The van der Waals surface area contributed by atoms with Crippen molar-refractivity contribution >= 4 is 11.4 Å². The number of phenolic OH excluding ortho intramolecular Hbond substituents is 1. The van der Waals surface area contributed by atoms with Crippen LogP contribution in [-0.4, -0.2) is 5.11 Å². The van der Waals surface area contributed by atoms with Gasteiger partial charge >= 0.3 is 0 Å². The second-order valence-electron chi connectivity index (χ2n) is 5.55. The summed E-state index contributed by atoms with van der Waals surface area (Å²) in [4.78, 5) is 0. The van der Waals surface area contributed by atoms with Crippen molar-refractivity contribution in [2.24, 2.45) is 10.2 Å². The Morgan fingerprint density at radius 3 is 2.43 bits per heavy atom. The van der Waals surface area contributed by atoms with Crippen molar-refractivity contribution in [1.82, 2.24) is 0 Å². The quantitative estimate of drug-likeness (QED) is 0.693. The SMILES string of the molecule is CCC(C)c1ccc(O)c(N=Nc2cc(C)ccc2C)c1. The lowest BCUT2D eigenvalue weighted by Gasteiger charge is -2.10. The maximum atomic E-state index is 9.94. The molecule has 0 heterocycles. The Morgan fingerprint density at radius 1 is 1.00 bits per heavy atom. The summed E-state index contributed by atoms with van der Waals surface area (Å²) >= 11 is 0. The van der Waals surface area contributed by atoms with Crippen LogP contribution in [-0.2, 0) is 0 Å². The largest absolute Gasteiger partial charge is 0.506 e. The topological polar surface area (TPSA) is 45.0 Å². The molecule has 0 amide bonds. The smallest absolute Gasteiger partial charge is 0.143 e. The summed E-state index contributed by atoms with van der Waals surface area (Å²) in [5, 5.41) is 18.5. The molecule has 3 nitrogen and oxygen atoms in total. The summed E-state index contributed by atoms with van der Waals surface area (Å²) in [6.07, 6.45) is 1.05. The maximum absolute atomic E-state index is 9.94. The van der Waals surface area contributed by atoms with Gasteiger partial charge in [-0.3, -0.25) is 0 Å². The van der Waals surface area contributed by atoms with Gasteiger partial charge in [-0.1, -0.05) is 32.0 Å². The summed E-state index contributed by atoms with van der Waals surface area (Å²) in [6.45, 7) is 8.34. The summed E-state index contributed by atoms with van der Waals surface area (Å²) in [6, 6.07) is 11.6. The van der Waals surface area contributed by atoms with Crippen LogP contribution in [0.1, 0.15) is 42.9 Å². The molecule has 0 aliphatic rings. The molecule has 0 saturated carbocycles. The first-order valence-corrected chi connectivity index (χ1v) is 7.33. The molecule has 0 aromatic heterocycles. The number of aryl methyl sites for hydroxylation is 2. The molecule has 2 rings (SSSR count). The Balaban J connectivity index is 2.34. The van der Waals surface area contributed by atoms with Gasteiger partial charge in [0.1, 0.15) is 11.4 Å². The first kappa shape index (κ1) is 15.2. The Morgan fingerprint density at radius 2 is 1.71 bits per heavy atom. The fraction of sp³-hybridized carbons (Fsp3) is 0.333. The van der Waals surface area contributed by atoms with Crippen LogP contribution < -0.4 is 0 Å². The van der Waals surface area contributed by atoms with Gasteiger partial charge in [-0.15, -0.1) is 5.11 Å². The van der Waals surface area contributed by atoms with Crippen molar-refractivity contribution in [2.75, 3.05) is 0 Å². The third kappa shape index (κ3) is 3.69. The lowest BCUT2D eigenvalue weighted by molar-refractivity contribution is 0.476. The maximum Gasteiger partial charge on any atom is 0.143 e. The Hall–Kier alpha value is -2.16. The molecule has 110 valence electrons. The van der Waals surface area contributed by atoms with Crippen LogP contribution >= 0.6 is 0 Å². The third-order valence-corrected chi connectivity index (χ3v) is 3.81. The van der Waals surface area contributed by atoms with E-state index >= 15 is 0 Å². The van der Waals surface area contributed by atoms with Crippen molar-refractivity contribution < 1.29 is 5.11 Å². The van der Waals surface area contributed by atoms with E-state index < -0.39 is 0 Å². The second-order valence-corrected chi connectivity index (χ2v) is 5.55. The number of nitrogens with zero attached hydrogens (tertiary/aromatic N) is 2. The van der Waals surface area contributed by atoms with E-state index in [0.717, 1.165) is 23.2 Å². The number of azo groups is 1. The molecule has 0 aliphatic carbocycles. The molecule has 2 aromatic carbocycles. The fourth-order valence-electron chi connectivity index (χ4n) is 2.10. The van der Waals surface area contributed by atoms with Gasteiger partial charge in [0.2, 0.25) is 0 Å². The molecule has 0 spiro atoms. The lowest BCUT2D eigenvalue weighted by Crippen LogP contribution is -1.90. The standard InChI is InChI=1S/C18H22N2O/c1-5-13(3)15-8-9-18(21)17(11-15)20-19-16-10-12(2)6-7-14(16)4/h6-11,13,21H,5H2,1-4H3. The van der Waals surface area contributed by atoms with Gasteiger partial charge < -0.3 is 5.11 Å².